The van der Waals surface area contributed by atoms with E-state index in [4.69, 9.17) is 4.74 Å². The molecule has 1 unspecified atom stereocenters. The number of ether oxygens (including phenoxy) is 1. The van der Waals surface area contributed by atoms with Crippen LogP contribution in [-0.4, -0.2) is 25.6 Å². The van der Waals surface area contributed by atoms with E-state index < -0.39 is 0 Å². The maximum absolute atomic E-state index is 11.9. The number of benzene rings is 1. The molecule has 2 N–H and O–H groups in total. The summed E-state index contributed by atoms with van der Waals surface area (Å²) in [6.07, 6.45) is 6.60. The first-order valence-corrected chi connectivity index (χ1v) is 8.37. The molecule has 23 heavy (non-hydrogen) atoms. The molecule has 1 atom stereocenters. The van der Waals surface area contributed by atoms with E-state index in [1.54, 1.807) is 0 Å². The third kappa shape index (κ3) is 6.80. The van der Waals surface area contributed by atoms with E-state index in [1.807, 2.05) is 38.2 Å². The highest BCUT2D eigenvalue weighted by molar-refractivity contribution is 5.85. The summed E-state index contributed by atoms with van der Waals surface area (Å²) < 4.78 is 6.01. The molecule has 2 rings (SSSR count). The van der Waals surface area contributed by atoms with Crippen molar-refractivity contribution in [2.75, 3.05) is 13.6 Å². The highest BCUT2D eigenvalue weighted by Crippen LogP contribution is 2.23. The predicted molar refractivity (Wildman–Crippen MR) is 96.1 cm³/mol. The van der Waals surface area contributed by atoms with E-state index in [0.717, 1.165) is 11.3 Å². The van der Waals surface area contributed by atoms with Crippen LogP contribution < -0.4 is 15.4 Å². The molecule has 0 heterocycles. The number of amides is 1. The fourth-order valence-corrected chi connectivity index (χ4v) is 2.82. The van der Waals surface area contributed by atoms with Gasteiger partial charge in [-0.15, -0.1) is 12.4 Å². The Kier molecular flexibility index (Phi) is 9.03. The predicted octanol–water partition coefficient (Wildman–Crippen LogP) is 3.29. The normalized spacial score (nSPS) is 16.3. The van der Waals surface area contributed by atoms with E-state index in [0.29, 0.717) is 19.2 Å². The SMILES string of the molecule is CNCC(C)C(=O)NCc1ccc(OC2CCCCC2)cc1.Cl. The van der Waals surface area contributed by atoms with Gasteiger partial charge in [0.05, 0.1) is 6.10 Å². The Morgan fingerprint density at radius 2 is 1.87 bits per heavy atom. The second kappa shape index (κ2) is 10.5. The highest BCUT2D eigenvalue weighted by Gasteiger charge is 2.15. The van der Waals surface area contributed by atoms with Crippen molar-refractivity contribution < 1.29 is 9.53 Å². The minimum atomic E-state index is -0.0149. The Hall–Kier alpha value is -1.26. The molecule has 130 valence electrons. The summed E-state index contributed by atoms with van der Waals surface area (Å²) in [6, 6.07) is 8.07. The lowest BCUT2D eigenvalue weighted by Crippen LogP contribution is -2.33. The first-order chi connectivity index (χ1) is 10.7. The van der Waals surface area contributed by atoms with Crippen LogP contribution in [0.2, 0.25) is 0 Å². The zero-order chi connectivity index (χ0) is 15.8. The topological polar surface area (TPSA) is 50.4 Å². The van der Waals surface area contributed by atoms with Gasteiger partial charge >= 0.3 is 0 Å². The summed E-state index contributed by atoms with van der Waals surface area (Å²) in [5, 5.41) is 5.98. The van der Waals surface area contributed by atoms with E-state index in [9.17, 15) is 4.79 Å². The molecule has 4 nitrogen and oxygen atoms in total. The lowest BCUT2D eigenvalue weighted by molar-refractivity contribution is -0.124. The maximum atomic E-state index is 11.9. The van der Waals surface area contributed by atoms with Crippen LogP contribution in [0.5, 0.6) is 5.75 Å². The van der Waals surface area contributed by atoms with E-state index in [2.05, 4.69) is 10.6 Å². The Morgan fingerprint density at radius 3 is 2.48 bits per heavy atom. The van der Waals surface area contributed by atoms with Crippen molar-refractivity contribution in [3.05, 3.63) is 29.8 Å². The molecule has 0 radical (unpaired) electrons. The van der Waals surface area contributed by atoms with Crippen LogP contribution in [0, 0.1) is 5.92 Å². The van der Waals surface area contributed by atoms with Crippen molar-refractivity contribution >= 4 is 18.3 Å². The number of nitrogens with one attached hydrogen (secondary N) is 2. The van der Waals surface area contributed by atoms with Gasteiger partial charge in [0.25, 0.3) is 0 Å². The monoisotopic (exact) mass is 340 g/mol. The second-order valence-corrected chi connectivity index (χ2v) is 6.20. The Balaban J connectivity index is 0.00000264. The molecule has 1 aromatic rings. The fraction of sp³-hybridized carbons (Fsp3) is 0.611. The minimum absolute atomic E-state index is 0. The molecule has 0 aliphatic heterocycles. The summed E-state index contributed by atoms with van der Waals surface area (Å²) >= 11 is 0. The fourth-order valence-electron chi connectivity index (χ4n) is 2.82. The smallest absolute Gasteiger partial charge is 0.224 e. The van der Waals surface area contributed by atoms with Crippen molar-refractivity contribution in [2.24, 2.45) is 5.92 Å². The number of hydrogen-bond donors (Lipinski definition) is 2. The van der Waals surface area contributed by atoms with Gasteiger partial charge in [0.15, 0.2) is 0 Å². The second-order valence-electron chi connectivity index (χ2n) is 6.20. The van der Waals surface area contributed by atoms with Crippen LogP contribution in [0.25, 0.3) is 0 Å². The van der Waals surface area contributed by atoms with Gasteiger partial charge in [-0.1, -0.05) is 25.5 Å². The lowest BCUT2D eigenvalue weighted by Gasteiger charge is -2.23. The molecular formula is C18H29ClN2O2. The van der Waals surface area contributed by atoms with Crippen LogP contribution in [0.15, 0.2) is 24.3 Å². The average Bonchev–Trinajstić information content (AvgIpc) is 2.55. The third-order valence-electron chi connectivity index (χ3n) is 4.20. The van der Waals surface area contributed by atoms with Crippen molar-refractivity contribution in [1.29, 1.82) is 0 Å². The molecule has 0 bridgehead atoms. The zero-order valence-corrected chi connectivity index (χ0v) is 15.0. The number of hydrogen-bond acceptors (Lipinski definition) is 3. The quantitative estimate of drug-likeness (QED) is 0.800. The largest absolute Gasteiger partial charge is 0.490 e. The van der Waals surface area contributed by atoms with Crippen LogP contribution >= 0.6 is 12.4 Å². The van der Waals surface area contributed by atoms with E-state index in [-0.39, 0.29) is 24.2 Å². The average molecular weight is 341 g/mol. The summed E-state index contributed by atoms with van der Waals surface area (Å²) in [5.41, 5.74) is 1.10. The molecule has 0 saturated heterocycles. The highest BCUT2D eigenvalue weighted by atomic mass is 35.5. The number of halogens is 1. The van der Waals surface area contributed by atoms with Crippen LogP contribution in [0.4, 0.5) is 0 Å². The molecule has 1 aliphatic rings. The van der Waals surface area contributed by atoms with Gasteiger partial charge in [0.1, 0.15) is 5.75 Å². The van der Waals surface area contributed by atoms with Crippen LogP contribution in [0.3, 0.4) is 0 Å². The van der Waals surface area contributed by atoms with Gasteiger partial charge in [-0.3, -0.25) is 4.79 Å². The third-order valence-corrected chi connectivity index (χ3v) is 4.20. The summed E-state index contributed by atoms with van der Waals surface area (Å²) in [6.45, 7) is 3.18. The first kappa shape index (κ1) is 19.8. The molecule has 1 aliphatic carbocycles. The number of carbonyl (C=O) groups excluding carboxylic acids is 1. The van der Waals surface area contributed by atoms with E-state index >= 15 is 0 Å². The Morgan fingerprint density at radius 1 is 1.22 bits per heavy atom. The van der Waals surface area contributed by atoms with Crippen LogP contribution in [0.1, 0.15) is 44.6 Å². The minimum Gasteiger partial charge on any atom is -0.490 e. The van der Waals surface area contributed by atoms with Crippen molar-refractivity contribution in [2.45, 2.75) is 51.7 Å². The summed E-state index contributed by atoms with van der Waals surface area (Å²) in [4.78, 5) is 11.9. The van der Waals surface area contributed by atoms with Gasteiger partial charge in [0.2, 0.25) is 5.91 Å². The molecule has 0 aromatic heterocycles. The molecule has 0 spiro atoms. The van der Waals surface area contributed by atoms with Gasteiger partial charge < -0.3 is 15.4 Å². The Bertz CT molecular complexity index is 459. The summed E-state index contributed by atoms with van der Waals surface area (Å²) in [5.74, 6) is 1.00. The number of carbonyl (C=O) groups is 1. The number of rotatable bonds is 7. The molecular weight excluding hydrogens is 312 g/mol. The van der Waals surface area contributed by atoms with Crippen molar-refractivity contribution in [3.63, 3.8) is 0 Å². The van der Waals surface area contributed by atoms with Crippen molar-refractivity contribution in [3.8, 4) is 5.75 Å². The van der Waals surface area contributed by atoms with Gasteiger partial charge in [-0.2, -0.15) is 0 Å². The zero-order valence-electron chi connectivity index (χ0n) is 14.1. The lowest BCUT2D eigenvalue weighted by atomic mass is 9.98. The molecule has 5 heteroatoms. The molecule has 1 amide bonds. The van der Waals surface area contributed by atoms with Crippen LogP contribution in [-0.2, 0) is 11.3 Å². The molecule has 1 aromatic carbocycles. The molecule has 1 saturated carbocycles. The maximum Gasteiger partial charge on any atom is 0.224 e. The standard InChI is InChI=1S/C18H28N2O2.ClH/c1-14(12-19-2)18(21)20-13-15-8-10-17(11-9-15)22-16-6-4-3-5-7-16;/h8-11,14,16,19H,3-7,12-13H2,1-2H3,(H,20,21);1H. The van der Waals surface area contributed by atoms with Crippen molar-refractivity contribution in [1.82, 2.24) is 10.6 Å². The Labute approximate surface area is 145 Å². The summed E-state index contributed by atoms with van der Waals surface area (Å²) in [7, 11) is 1.86. The van der Waals surface area contributed by atoms with Gasteiger partial charge in [-0.05, 0) is 50.4 Å². The first-order valence-electron chi connectivity index (χ1n) is 8.37. The molecule has 1 fully saturated rings. The van der Waals surface area contributed by atoms with Gasteiger partial charge in [0, 0.05) is 19.0 Å². The van der Waals surface area contributed by atoms with E-state index in [1.165, 1.54) is 32.1 Å². The van der Waals surface area contributed by atoms with Gasteiger partial charge in [-0.25, -0.2) is 0 Å².